The molecule has 1 aromatic carbocycles. The third-order valence-electron chi connectivity index (χ3n) is 5.16. The van der Waals surface area contributed by atoms with Crippen molar-refractivity contribution in [3.63, 3.8) is 0 Å². The Hall–Kier alpha value is -3.47. The van der Waals surface area contributed by atoms with Gasteiger partial charge in [0.1, 0.15) is 5.58 Å². The second-order valence-electron chi connectivity index (χ2n) is 8.63. The van der Waals surface area contributed by atoms with Crippen LogP contribution in [0.25, 0.3) is 22.4 Å². The number of allylic oxidation sites excluding steroid dienone is 3. The van der Waals surface area contributed by atoms with Crippen LogP contribution in [0.2, 0.25) is 0 Å². The minimum absolute atomic E-state index is 0. The summed E-state index contributed by atoms with van der Waals surface area (Å²) in [6.07, 6.45) is 7.48. The van der Waals surface area contributed by atoms with Gasteiger partial charge in [0.15, 0.2) is 17.0 Å². The van der Waals surface area contributed by atoms with E-state index in [9.17, 15) is 9.59 Å². The maximum absolute atomic E-state index is 12.5. The van der Waals surface area contributed by atoms with Crippen molar-refractivity contribution >= 4 is 22.5 Å². The summed E-state index contributed by atoms with van der Waals surface area (Å²) in [4.78, 5) is 29.1. The molecule has 2 aromatic heterocycles. The zero-order chi connectivity index (χ0) is 26.1. The molecule has 0 N–H and O–H groups in total. The van der Waals surface area contributed by atoms with Crippen LogP contribution in [0.15, 0.2) is 69.5 Å². The number of fused-ring (bicyclic) bond motifs is 5. The van der Waals surface area contributed by atoms with Crippen molar-refractivity contribution in [2.75, 3.05) is 6.54 Å². The van der Waals surface area contributed by atoms with E-state index in [4.69, 9.17) is 4.42 Å². The fourth-order valence-electron chi connectivity index (χ4n) is 3.87. The van der Waals surface area contributed by atoms with Crippen molar-refractivity contribution in [3.05, 3.63) is 82.2 Å². The molecule has 0 saturated heterocycles. The zero-order valence-electron chi connectivity index (χ0n) is 22.1. The summed E-state index contributed by atoms with van der Waals surface area (Å²) in [5, 5.41) is 1.04. The fraction of sp³-hybridized carbons (Fsp3) is 0.367. The number of hydrogen-bond donors (Lipinski definition) is 0. The van der Waals surface area contributed by atoms with E-state index in [1.54, 1.807) is 6.20 Å². The molecule has 0 unspecified atom stereocenters. The number of benzene rings is 1. The lowest BCUT2D eigenvalue weighted by Crippen LogP contribution is -2.20. The number of para-hydroxylation sites is 1. The number of carbonyl (C=O) groups is 1. The number of furan rings is 1. The lowest BCUT2D eigenvalue weighted by molar-refractivity contribution is 0.104. The second kappa shape index (κ2) is 12.8. The number of pyridine rings is 1. The van der Waals surface area contributed by atoms with Gasteiger partial charge in [0.05, 0.1) is 17.0 Å². The molecule has 1 aliphatic rings. The number of nitrogens with zero attached hydrogens (tertiary/aromatic N) is 2. The van der Waals surface area contributed by atoms with Gasteiger partial charge >= 0.3 is 0 Å². The van der Waals surface area contributed by atoms with Crippen LogP contribution in [0.4, 0.5) is 0 Å². The molecule has 3 aromatic rings. The Morgan fingerprint density at radius 1 is 1.26 bits per heavy atom. The predicted molar refractivity (Wildman–Crippen MR) is 150 cm³/mol. The molecule has 0 atom stereocenters. The van der Waals surface area contributed by atoms with Gasteiger partial charge in [-0.25, -0.2) is 0 Å². The highest BCUT2D eigenvalue weighted by Gasteiger charge is 2.25. The highest BCUT2D eigenvalue weighted by atomic mass is 16.3. The molecule has 1 aliphatic heterocycles. The number of hydrogen-bond acceptors (Lipinski definition) is 4. The molecular formula is C30H40N2O3. The average molecular weight is 477 g/mol. The molecule has 4 rings (SSSR count). The van der Waals surface area contributed by atoms with E-state index in [0.29, 0.717) is 24.5 Å². The monoisotopic (exact) mass is 476 g/mol. The van der Waals surface area contributed by atoms with E-state index in [2.05, 4.69) is 32.3 Å². The smallest absolute Gasteiger partial charge is 0.193 e. The number of aliphatic imine (C=N–C) groups is 1. The van der Waals surface area contributed by atoms with Gasteiger partial charge < -0.3 is 8.98 Å². The van der Waals surface area contributed by atoms with Crippen molar-refractivity contribution < 1.29 is 10.6 Å². The lowest BCUT2D eigenvalue weighted by Gasteiger charge is -2.18. The first-order chi connectivity index (χ1) is 16.8. The topological polar surface area (TPSA) is 64.6 Å². The van der Waals surface area contributed by atoms with Gasteiger partial charge in [-0.05, 0) is 44.4 Å². The van der Waals surface area contributed by atoms with Gasteiger partial charge in [-0.2, -0.15) is 0 Å². The van der Waals surface area contributed by atoms with Gasteiger partial charge in [0, 0.05) is 43.3 Å². The van der Waals surface area contributed by atoms with Crippen LogP contribution in [0, 0.1) is 5.92 Å². The van der Waals surface area contributed by atoms with E-state index >= 15 is 0 Å². The highest BCUT2D eigenvalue weighted by Crippen LogP contribution is 2.38. The van der Waals surface area contributed by atoms with Gasteiger partial charge in [0.25, 0.3) is 0 Å². The first-order valence-electron chi connectivity index (χ1n) is 12.5. The van der Waals surface area contributed by atoms with Gasteiger partial charge in [-0.15, -0.1) is 0 Å². The number of aromatic nitrogens is 1. The molecule has 35 heavy (non-hydrogen) atoms. The normalized spacial score (nSPS) is 12.4. The van der Waals surface area contributed by atoms with E-state index in [0.717, 1.165) is 40.1 Å². The molecule has 3 heterocycles. The number of aryl methyl sites for hydroxylation is 2. The zero-order valence-corrected chi connectivity index (χ0v) is 22.1. The van der Waals surface area contributed by atoms with Crippen molar-refractivity contribution in [2.45, 2.75) is 61.4 Å². The standard InChI is InChI=1S/C24H22N2O3.C4H10.C2H6.H2/c1-4-8-19(25-6-3)17-10-7-9-15-16-11-12-26-14-18(21(27)5-2)22(28)13-20(26)24(16)29-23(15)17;1-4(2)3;1-2;/h4-5,7-10,13-14H,2,6,11-12H2,1,3H3;4H,1-3H3;1-2H3;1H/b8-4-,25-19?;;;. The minimum atomic E-state index is -0.366. The summed E-state index contributed by atoms with van der Waals surface area (Å²) in [5.41, 5.74) is 4.17. The van der Waals surface area contributed by atoms with Crippen LogP contribution in [-0.2, 0) is 13.0 Å². The van der Waals surface area contributed by atoms with E-state index in [1.165, 1.54) is 12.1 Å². The molecule has 0 bridgehead atoms. The number of ketones is 1. The average Bonchev–Trinajstić information content (AvgIpc) is 3.23. The predicted octanol–water partition coefficient (Wildman–Crippen LogP) is 7.51. The maximum atomic E-state index is 12.5. The third kappa shape index (κ3) is 6.16. The largest absolute Gasteiger partial charge is 0.453 e. The third-order valence-corrected chi connectivity index (χ3v) is 5.16. The molecule has 188 valence electrons. The molecule has 0 fully saturated rings. The van der Waals surface area contributed by atoms with E-state index in [-0.39, 0.29) is 18.2 Å². The number of carbonyl (C=O) groups excluding carboxylic acids is 1. The summed E-state index contributed by atoms with van der Waals surface area (Å²) < 4.78 is 8.24. The first kappa shape index (κ1) is 27.8. The lowest BCUT2D eigenvalue weighted by atomic mass is 9.98. The van der Waals surface area contributed by atoms with Crippen molar-refractivity contribution in [2.24, 2.45) is 10.9 Å². The molecule has 0 radical (unpaired) electrons. The summed E-state index contributed by atoms with van der Waals surface area (Å²) in [7, 11) is 0. The molecule has 0 amide bonds. The molecule has 0 saturated carbocycles. The SMILES string of the molecule is C=CC(=O)c1cn2c(cc1=O)-c1oc3c(C(/C=C\C)=NCC)cccc3c1CC2.CC.CC(C)C.[HH]. The molecule has 0 aliphatic carbocycles. The van der Waals surface area contributed by atoms with Crippen LogP contribution in [0.3, 0.4) is 0 Å². The van der Waals surface area contributed by atoms with E-state index < -0.39 is 0 Å². The first-order valence-corrected chi connectivity index (χ1v) is 12.5. The Bertz CT molecular complexity index is 1310. The number of rotatable bonds is 5. The van der Waals surface area contributed by atoms with Gasteiger partial charge in [-0.1, -0.05) is 59.4 Å². The Morgan fingerprint density at radius 3 is 2.54 bits per heavy atom. The highest BCUT2D eigenvalue weighted by molar-refractivity contribution is 6.16. The molecule has 5 nitrogen and oxygen atoms in total. The Kier molecular flexibility index (Phi) is 10.2. The fourth-order valence-corrected chi connectivity index (χ4v) is 3.87. The van der Waals surface area contributed by atoms with Crippen LogP contribution in [0.5, 0.6) is 0 Å². The summed E-state index contributed by atoms with van der Waals surface area (Å²) in [5.74, 6) is 1.15. The van der Waals surface area contributed by atoms with Gasteiger partial charge in [0.2, 0.25) is 0 Å². The minimum Gasteiger partial charge on any atom is -0.453 e. The summed E-state index contributed by atoms with van der Waals surface area (Å²) in [6, 6.07) is 7.55. The Labute approximate surface area is 210 Å². The Balaban J connectivity index is 0.000000845. The van der Waals surface area contributed by atoms with E-state index in [1.807, 2.05) is 62.6 Å². The van der Waals surface area contributed by atoms with Crippen LogP contribution >= 0.6 is 0 Å². The van der Waals surface area contributed by atoms with Crippen molar-refractivity contribution in [1.82, 2.24) is 4.57 Å². The van der Waals surface area contributed by atoms with Crippen LogP contribution < -0.4 is 5.43 Å². The molecule has 5 heteroatoms. The van der Waals surface area contributed by atoms with Crippen LogP contribution in [-0.4, -0.2) is 22.6 Å². The summed E-state index contributed by atoms with van der Waals surface area (Å²) in [6.45, 7) is 19.3. The quantitative estimate of drug-likeness (QED) is 0.217. The van der Waals surface area contributed by atoms with Crippen LogP contribution in [0.1, 0.15) is 71.4 Å². The maximum Gasteiger partial charge on any atom is 0.193 e. The van der Waals surface area contributed by atoms with Gasteiger partial charge in [-0.3, -0.25) is 14.6 Å². The molecular weight excluding hydrogens is 436 g/mol. The van der Waals surface area contributed by atoms with Crippen molar-refractivity contribution in [3.8, 4) is 11.5 Å². The second-order valence-corrected chi connectivity index (χ2v) is 8.63. The molecule has 0 spiro atoms. The van der Waals surface area contributed by atoms with Crippen molar-refractivity contribution in [1.29, 1.82) is 0 Å². The summed E-state index contributed by atoms with van der Waals surface area (Å²) >= 11 is 0. The Morgan fingerprint density at radius 2 is 1.94 bits per heavy atom.